The van der Waals surface area contributed by atoms with E-state index in [1.165, 1.54) is 11.0 Å². The van der Waals surface area contributed by atoms with Crippen molar-refractivity contribution < 1.29 is 27.5 Å². The fraction of sp³-hybridized carbons (Fsp3) is 0.462. The van der Waals surface area contributed by atoms with Crippen LogP contribution in [0, 0.1) is 5.92 Å². The highest BCUT2D eigenvalue weighted by Crippen LogP contribution is 2.37. The summed E-state index contributed by atoms with van der Waals surface area (Å²) in [5.74, 6) is 0.377. The van der Waals surface area contributed by atoms with Gasteiger partial charge in [0.05, 0.1) is 12.7 Å². The molecule has 2 aliphatic rings. The topological polar surface area (TPSA) is 70.7 Å². The first-order valence-corrected chi connectivity index (χ1v) is 11.9. The van der Waals surface area contributed by atoms with E-state index in [0.717, 1.165) is 35.4 Å². The number of amides is 3. The van der Waals surface area contributed by atoms with Crippen LogP contribution in [0.15, 0.2) is 42.5 Å². The van der Waals surface area contributed by atoms with Crippen molar-refractivity contribution in [3.63, 3.8) is 0 Å². The lowest BCUT2D eigenvalue weighted by Gasteiger charge is -2.35. The maximum Gasteiger partial charge on any atom is 0.416 e. The molecule has 2 N–H and O–H groups in total. The predicted octanol–water partition coefficient (Wildman–Crippen LogP) is 5.05. The third-order valence-electron chi connectivity index (χ3n) is 6.82. The van der Waals surface area contributed by atoms with Crippen molar-refractivity contribution in [2.45, 2.75) is 57.3 Å². The Hall–Kier alpha value is -3.23. The van der Waals surface area contributed by atoms with Crippen LogP contribution in [0.25, 0.3) is 0 Å². The van der Waals surface area contributed by atoms with E-state index in [9.17, 15) is 22.8 Å². The monoisotopic (exact) mass is 489 g/mol. The Bertz CT molecular complexity index is 1050. The summed E-state index contributed by atoms with van der Waals surface area (Å²) in [5.41, 5.74) is 1.38. The van der Waals surface area contributed by atoms with Crippen molar-refractivity contribution in [1.82, 2.24) is 10.6 Å². The molecule has 9 heteroatoms. The average Bonchev–Trinajstić information content (AvgIpc) is 2.86. The van der Waals surface area contributed by atoms with Crippen LogP contribution >= 0.6 is 0 Å². The molecule has 0 aromatic heterocycles. The van der Waals surface area contributed by atoms with Gasteiger partial charge in [-0.1, -0.05) is 18.2 Å². The minimum atomic E-state index is -4.45. The summed E-state index contributed by atoms with van der Waals surface area (Å²) >= 11 is 0. The van der Waals surface area contributed by atoms with Crippen LogP contribution in [-0.2, 0) is 23.9 Å². The number of benzene rings is 2. The minimum Gasteiger partial charge on any atom is -0.497 e. The molecule has 1 aliphatic heterocycles. The van der Waals surface area contributed by atoms with Gasteiger partial charge in [0, 0.05) is 30.7 Å². The number of aryl methyl sites for hydroxylation is 1. The Labute approximate surface area is 202 Å². The fourth-order valence-corrected chi connectivity index (χ4v) is 4.85. The average molecular weight is 490 g/mol. The van der Waals surface area contributed by atoms with Gasteiger partial charge in [-0.05, 0) is 73.9 Å². The smallest absolute Gasteiger partial charge is 0.416 e. The maximum absolute atomic E-state index is 13.2. The molecule has 0 radical (unpaired) electrons. The molecule has 1 saturated carbocycles. The summed E-state index contributed by atoms with van der Waals surface area (Å²) in [6.45, 7) is 0.816. The van der Waals surface area contributed by atoms with E-state index in [-0.39, 0.29) is 23.9 Å². The molecule has 0 atom stereocenters. The van der Waals surface area contributed by atoms with Crippen LogP contribution in [0.2, 0.25) is 0 Å². The van der Waals surface area contributed by atoms with Crippen molar-refractivity contribution in [2.75, 3.05) is 18.6 Å². The van der Waals surface area contributed by atoms with Crippen LogP contribution in [-0.4, -0.2) is 31.6 Å². The van der Waals surface area contributed by atoms with Crippen LogP contribution in [0.1, 0.15) is 48.8 Å². The standard InChI is InChI=1S/C26H30F3N3O3/c1-35-22-12-4-17(5-13-22)16-30-25(34)31-21-10-7-19(8-11-21)24(33)32-14-2-3-18-6-9-20(15-23(18)32)26(27,28)29/h4-6,9,12-13,15,19,21H,2-3,7-8,10-11,14,16H2,1H3,(H2,30,31,34). The second-order valence-corrected chi connectivity index (χ2v) is 9.16. The van der Waals surface area contributed by atoms with Gasteiger partial charge in [-0.3, -0.25) is 4.79 Å². The first-order chi connectivity index (χ1) is 16.7. The number of ether oxygens (including phenoxy) is 1. The zero-order valence-electron chi connectivity index (χ0n) is 19.7. The predicted molar refractivity (Wildman–Crippen MR) is 126 cm³/mol. The molecule has 3 amide bonds. The summed E-state index contributed by atoms with van der Waals surface area (Å²) in [4.78, 5) is 27.1. The molecular weight excluding hydrogens is 459 g/mol. The highest BCUT2D eigenvalue weighted by molar-refractivity contribution is 5.96. The number of methoxy groups -OCH3 is 1. The Morgan fingerprint density at radius 3 is 2.43 bits per heavy atom. The molecule has 35 heavy (non-hydrogen) atoms. The number of carbonyl (C=O) groups is 2. The van der Waals surface area contributed by atoms with Crippen LogP contribution < -0.4 is 20.3 Å². The Balaban J connectivity index is 1.29. The van der Waals surface area contributed by atoms with E-state index in [0.29, 0.717) is 50.9 Å². The largest absolute Gasteiger partial charge is 0.497 e. The van der Waals surface area contributed by atoms with E-state index in [4.69, 9.17) is 4.74 Å². The van der Waals surface area contributed by atoms with Gasteiger partial charge in [0.15, 0.2) is 0 Å². The van der Waals surface area contributed by atoms with E-state index in [1.54, 1.807) is 7.11 Å². The number of fused-ring (bicyclic) bond motifs is 1. The number of hydrogen-bond acceptors (Lipinski definition) is 3. The lowest BCUT2D eigenvalue weighted by atomic mass is 9.84. The van der Waals surface area contributed by atoms with Gasteiger partial charge in [0.2, 0.25) is 5.91 Å². The third kappa shape index (κ3) is 6.07. The maximum atomic E-state index is 13.2. The highest BCUT2D eigenvalue weighted by atomic mass is 19.4. The number of nitrogens with zero attached hydrogens (tertiary/aromatic N) is 1. The molecule has 4 rings (SSSR count). The lowest BCUT2D eigenvalue weighted by molar-refractivity contribution is -0.137. The number of rotatable bonds is 5. The number of alkyl halides is 3. The summed E-state index contributed by atoms with van der Waals surface area (Å²) < 4.78 is 44.8. The molecule has 0 saturated heterocycles. The second-order valence-electron chi connectivity index (χ2n) is 9.16. The number of halogens is 3. The Morgan fingerprint density at radius 1 is 1.06 bits per heavy atom. The van der Waals surface area contributed by atoms with Gasteiger partial charge in [-0.2, -0.15) is 13.2 Å². The number of carbonyl (C=O) groups excluding carboxylic acids is 2. The molecule has 6 nitrogen and oxygen atoms in total. The van der Waals surface area contributed by atoms with Crippen molar-refractivity contribution in [3.8, 4) is 5.75 Å². The van der Waals surface area contributed by atoms with Gasteiger partial charge >= 0.3 is 12.2 Å². The molecule has 2 aromatic carbocycles. The van der Waals surface area contributed by atoms with Crippen molar-refractivity contribution in [2.24, 2.45) is 5.92 Å². The molecule has 1 aliphatic carbocycles. The first-order valence-electron chi connectivity index (χ1n) is 11.9. The number of nitrogens with one attached hydrogen (secondary N) is 2. The molecule has 2 aromatic rings. The molecule has 0 spiro atoms. The van der Waals surface area contributed by atoms with Crippen LogP contribution in [0.5, 0.6) is 5.75 Å². The lowest BCUT2D eigenvalue weighted by Crippen LogP contribution is -2.46. The van der Waals surface area contributed by atoms with Crippen molar-refractivity contribution >= 4 is 17.6 Å². The Kier molecular flexibility index (Phi) is 7.52. The quantitative estimate of drug-likeness (QED) is 0.618. The number of anilines is 1. The third-order valence-corrected chi connectivity index (χ3v) is 6.82. The van der Waals surface area contributed by atoms with Gasteiger partial charge in [0.1, 0.15) is 5.75 Å². The number of urea groups is 1. The van der Waals surface area contributed by atoms with Crippen LogP contribution in [0.3, 0.4) is 0 Å². The summed E-state index contributed by atoms with van der Waals surface area (Å²) in [6, 6.07) is 10.8. The zero-order valence-corrected chi connectivity index (χ0v) is 19.7. The fourth-order valence-electron chi connectivity index (χ4n) is 4.85. The number of hydrogen-bond donors (Lipinski definition) is 2. The van der Waals surface area contributed by atoms with Crippen LogP contribution in [0.4, 0.5) is 23.7 Å². The molecule has 1 fully saturated rings. The molecule has 188 valence electrons. The summed E-state index contributed by atoms with van der Waals surface area (Å²) in [5, 5.41) is 5.81. The second kappa shape index (κ2) is 10.6. The van der Waals surface area contributed by atoms with E-state index >= 15 is 0 Å². The van der Waals surface area contributed by atoms with Gasteiger partial charge in [0.25, 0.3) is 0 Å². The van der Waals surface area contributed by atoms with E-state index in [2.05, 4.69) is 10.6 Å². The van der Waals surface area contributed by atoms with E-state index < -0.39 is 11.7 Å². The minimum absolute atomic E-state index is 0.0413. The summed E-state index contributed by atoms with van der Waals surface area (Å²) in [6.07, 6.45) is -0.570. The summed E-state index contributed by atoms with van der Waals surface area (Å²) in [7, 11) is 1.60. The van der Waals surface area contributed by atoms with Gasteiger partial charge in [-0.15, -0.1) is 0 Å². The molecular formula is C26H30F3N3O3. The first kappa shape index (κ1) is 24.9. The van der Waals surface area contributed by atoms with E-state index in [1.807, 2.05) is 24.3 Å². The van der Waals surface area contributed by atoms with Gasteiger partial charge < -0.3 is 20.3 Å². The van der Waals surface area contributed by atoms with Crippen molar-refractivity contribution in [3.05, 3.63) is 59.2 Å². The molecule has 0 bridgehead atoms. The van der Waals surface area contributed by atoms with Crippen molar-refractivity contribution in [1.29, 1.82) is 0 Å². The van der Waals surface area contributed by atoms with Gasteiger partial charge in [-0.25, -0.2) is 4.79 Å². The SMILES string of the molecule is COc1ccc(CNC(=O)NC2CCC(C(=O)N3CCCc4ccc(C(F)(F)F)cc43)CC2)cc1. The molecule has 0 unspecified atom stereocenters. The zero-order chi connectivity index (χ0) is 25.0. The highest BCUT2D eigenvalue weighted by Gasteiger charge is 2.35. The molecule has 1 heterocycles. The Morgan fingerprint density at radius 2 is 1.77 bits per heavy atom. The normalized spacial score (nSPS) is 20.1.